The summed E-state index contributed by atoms with van der Waals surface area (Å²) in [6, 6.07) is 17.7. The Morgan fingerprint density at radius 1 is 1.00 bits per heavy atom. The Labute approximate surface area is 218 Å². The molecule has 1 aliphatic heterocycles. The van der Waals surface area contributed by atoms with Gasteiger partial charge in [0.05, 0.1) is 11.4 Å². The molecule has 3 aromatic carbocycles. The van der Waals surface area contributed by atoms with Crippen LogP contribution in [-0.4, -0.2) is 37.6 Å². The van der Waals surface area contributed by atoms with Crippen LogP contribution in [0.25, 0.3) is 6.08 Å². The van der Waals surface area contributed by atoms with Crippen molar-refractivity contribution in [3.63, 3.8) is 0 Å². The van der Waals surface area contributed by atoms with E-state index in [1.54, 1.807) is 12.1 Å². The summed E-state index contributed by atoms with van der Waals surface area (Å²) in [5, 5.41) is 0.00951. The van der Waals surface area contributed by atoms with Gasteiger partial charge in [-0.25, -0.2) is 0 Å². The first-order chi connectivity index (χ1) is 17.1. The fourth-order valence-corrected chi connectivity index (χ4v) is 5.30. The average molecular weight is 544 g/mol. The Morgan fingerprint density at radius 2 is 1.75 bits per heavy atom. The van der Waals surface area contributed by atoms with Gasteiger partial charge in [-0.2, -0.15) is 8.42 Å². The SMILES string of the molecule is Cc1ccc(C)c(OCCN2C(=O)S/C(=C\c3cccc(OS(=O)(=O)c4ccc(Cl)cc4)c3)C2=O)c1. The summed E-state index contributed by atoms with van der Waals surface area (Å²) in [5.74, 6) is 0.345. The molecule has 0 atom stereocenters. The van der Waals surface area contributed by atoms with Crippen molar-refractivity contribution < 1.29 is 26.9 Å². The van der Waals surface area contributed by atoms with Crippen LogP contribution in [0.4, 0.5) is 4.79 Å². The van der Waals surface area contributed by atoms with E-state index in [2.05, 4.69) is 0 Å². The molecule has 1 aliphatic rings. The summed E-state index contributed by atoms with van der Waals surface area (Å²) < 4.78 is 36.1. The third-order valence-electron chi connectivity index (χ3n) is 5.25. The largest absolute Gasteiger partial charge is 0.491 e. The van der Waals surface area contributed by atoms with Crippen LogP contribution in [0.2, 0.25) is 5.02 Å². The molecule has 0 spiro atoms. The summed E-state index contributed by atoms with van der Waals surface area (Å²) in [6.07, 6.45) is 1.53. The topological polar surface area (TPSA) is 90.0 Å². The van der Waals surface area contributed by atoms with E-state index in [0.717, 1.165) is 27.8 Å². The molecule has 2 amide bonds. The molecule has 0 unspecified atom stereocenters. The van der Waals surface area contributed by atoms with Crippen molar-refractivity contribution in [3.05, 3.63) is 93.3 Å². The summed E-state index contributed by atoms with van der Waals surface area (Å²) in [4.78, 5) is 26.6. The third kappa shape index (κ3) is 6.10. The van der Waals surface area contributed by atoms with Crippen LogP contribution in [0.5, 0.6) is 11.5 Å². The lowest BCUT2D eigenvalue weighted by molar-refractivity contribution is -0.123. The highest BCUT2D eigenvalue weighted by atomic mass is 35.5. The summed E-state index contributed by atoms with van der Waals surface area (Å²) >= 11 is 6.64. The number of hydrogen-bond acceptors (Lipinski definition) is 7. The number of amides is 2. The fraction of sp³-hybridized carbons (Fsp3) is 0.154. The van der Waals surface area contributed by atoms with E-state index in [1.165, 1.54) is 42.5 Å². The van der Waals surface area contributed by atoms with Gasteiger partial charge < -0.3 is 8.92 Å². The zero-order valence-corrected chi connectivity index (χ0v) is 21.8. The highest BCUT2D eigenvalue weighted by Crippen LogP contribution is 2.33. The molecule has 0 aromatic heterocycles. The molecule has 1 saturated heterocycles. The molecule has 0 N–H and O–H groups in total. The predicted octanol–water partition coefficient (Wildman–Crippen LogP) is 5.84. The van der Waals surface area contributed by atoms with Gasteiger partial charge in [-0.3, -0.25) is 14.5 Å². The maximum atomic E-state index is 12.8. The molecule has 3 aromatic rings. The van der Waals surface area contributed by atoms with Crippen molar-refractivity contribution in [2.45, 2.75) is 18.7 Å². The number of imide groups is 1. The van der Waals surface area contributed by atoms with E-state index in [0.29, 0.717) is 16.3 Å². The monoisotopic (exact) mass is 543 g/mol. The molecule has 0 aliphatic carbocycles. The second-order valence-electron chi connectivity index (χ2n) is 8.01. The number of hydrogen-bond donors (Lipinski definition) is 0. The first-order valence-electron chi connectivity index (χ1n) is 10.9. The lowest BCUT2D eigenvalue weighted by atomic mass is 10.1. The fourth-order valence-electron chi connectivity index (χ4n) is 3.39. The number of thioether (sulfide) groups is 1. The van der Waals surface area contributed by atoms with Crippen LogP contribution >= 0.6 is 23.4 Å². The highest BCUT2D eigenvalue weighted by Gasteiger charge is 2.34. The van der Waals surface area contributed by atoms with Gasteiger partial charge in [0, 0.05) is 5.02 Å². The zero-order chi connectivity index (χ0) is 25.9. The van der Waals surface area contributed by atoms with Crippen LogP contribution in [0, 0.1) is 13.8 Å². The van der Waals surface area contributed by atoms with Crippen molar-refractivity contribution in [1.82, 2.24) is 4.90 Å². The number of nitrogens with zero attached hydrogens (tertiary/aromatic N) is 1. The molecular weight excluding hydrogens is 522 g/mol. The molecule has 0 saturated carbocycles. The normalized spacial score (nSPS) is 15.0. The minimum Gasteiger partial charge on any atom is -0.491 e. The molecule has 1 fully saturated rings. The Hall–Kier alpha value is -3.27. The number of rotatable bonds is 8. The molecule has 186 valence electrons. The molecule has 36 heavy (non-hydrogen) atoms. The molecule has 0 radical (unpaired) electrons. The third-order valence-corrected chi connectivity index (χ3v) is 7.67. The number of ether oxygens (including phenoxy) is 1. The van der Waals surface area contributed by atoms with Crippen molar-refractivity contribution in [3.8, 4) is 11.5 Å². The van der Waals surface area contributed by atoms with E-state index in [9.17, 15) is 18.0 Å². The molecule has 4 rings (SSSR count). The standard InChI is InChI=1S/C26H22ClNO6S2/c1-17-6-7-18(2)23(14-17)33-13-12-28-25(29)24(35-26(28)30)16-19-4-3-5-21(15-19)34-36(31,32)22-10-8-20(27)9-11-22/h3-11,14-16H,12-13H2,1-2H3/b24-16-. The van der Waals surface area contributed by atoms with Gasteiger partial charge in [0.2, 0.25) is 0 Å². The summed E-state index contributed by atoms with van der Waals surface area (Å²) in [6.45, 7) is 4.16. The highest BCUT2D eigenvalue weighted by molar-refractivity contribution is 8.18. The Balaban J connectivity index is 1.43. The molecule has 10 heteroatoms. The van der Waals surface area contributed by atoms with Gasteiger partial charge in [0.15, 0.2) is 0 Å². The number of carbonyl (C=O) groups is 2. The maximum Gasteiger partial charge on any atom is 0.339 e. The predicted molar refractivity (Wildman–Crippen MR) is 140 cm³/mol. The van der Waals surface area contributed by atoms with E-state index < -0.39 is 21.3 Å². The Bertz CT molecular complexity index is 1450. The van der Waals surface area contributed by atoms with E-state index >= 15 is 0 Å². The smallest absolute Gasteiger partial charge is 0.339 e. The first-order valence-corrected chi connectivity index (χ1v) is 13.5. The van der Waals surface area contributed by atoms with Crippen molar-refractivity contribution in [1.29, 1.82) is 0 Å². The average Bonchev–Trinajstić information content (AvgIpc) is 3.09. The van der Waals surface area contributed by atoms with E-state index in [1.807, 2.05) is 32.0 Å². The number of carbonyl (C=O) groups excluding carboxylic acids is 2. The van der Waals surface area contributed by atoms with Crippen molar-refractivity contribution in [2.24, 2.45) is 0 Å². The summed E-state index contributed by atoms with van der Waals surface area (Å²) in [7, 11) is -4.07. The second kappa shape index (κ2) is 10.8. The van der Waals surface area contributed by atoms with E-state index in [-0.39, 0.29) is 28.7 Å². The van der Waals surface area contributed by atoms with Gasteiger partial charge in [-0.1, -0.05) is 35.9 Å². The van der Waals surface area contributed by atoms with Crippen LogP contribution in [0.1, 0.15) is 16.7 Å². The van der Waals surface area contributed by atoms with Crippen LogP contribution < -0.4 is 8.92 Å². The van der Waals surface area contributed by atoms with Gasteiger partial charge in [-0.05, 0) is 90.8 Å². The van der Waals surface area contributed by atoms with Gasteiger partial charge >= 0.3 is 10.1 Å². The van der Waals surface area contributed by atoms with E-state index in [4.69, 9.17) is 20.5 Å². The van der Waals surface area contributed by atoms with Gasteiger partial charge in [0.25, 0.3) is 11.1 Å². The lowest BCUT2D eigenvalue weighted by Gasteiger charge is -2.14. The van der Waals surface area contributed by atoms with Gasteiger partial charge in [0.1, 0.15) is 23.0 Å². The van der Waals surface area contributed by atoms with Gasteiger partial charge in [-0.15, -0.1) is 0 Å². The van der Waals surface area contributed by atoms with Crippen LogP contribution in [-0.2, 0) is 14.9 Å². The van der Waals surface area contributed by atoms with Crippen molar-refractivity contribution in [2.75, 3.05) is 13.2 Å². The van der Waals surface area contributed by atoms with Crippen LogP contribution in [0.15, 0.2) is 76.5 Å². The van der Waals surface area contributed by atoms with Crippen molar-refractivity contribution >= 4 is 50.7 Å². The quantitative estimate of drug-likeness (QED) is 0.260. The molecular formula is C26H22ClNO6S2. The van der Waals surface area contributed by atoms with Crippen LogP contribution in [0.3, 0.4) is 0 Å². The molecule has 7 nitrogen and oxygen atoms in total. The Morgan fingerprint density at radius 3 is 2.50 bits per heavy atom. The Kier molecular flexibility index (Phi) is 7.73. The molecule has 0 bridgehead atoms. The summed E-state index contributed by atoms with van der Waals surface area (Å²) in [5.41, 5.74) is 2.53. The number of aryl methyl sites for hydroxylation is 2. The number of benzene rings is 3. The second-order valence-corrected chi connectivity index (χ2v) is 11.0. The maximum absolute atomic E-state index is 12.8. The first kappa shape index (κ1) is 25.8. The number of halogens is 1. The zero-order valence-electron chi connectivity index (χ0n) is 19.4. The minimum absolute atomic E-state index is 0.0403. The minimum atomic E-state index is -4.07. The lowest BCUT2D eigenvalue weighted by Crippen LogP contribution is -2.32. The molecule has 1 heterocycles.